The SMILES string of the molecule is C/C=C\c1oc2ccc(-c3ccc(N4c5ccc(-c6ccc7c(c6)c6ccccc6n7-c6ccccc6)cc5C5C=C(c6ccc7c(c6)c6ccccc6n7-c6ccccc6)C=CC54)c4ccccc34)cc2c1C. The molecule has 2 atom stereocenters. The minimum absolute atomic E-state index is 0.0586. The molecule has 0 radical (unpaired) electrons. The quantitative estimate of drug-likeness (QED) is 0.159. The van der Waals surface area contributed by atoms with E-state index in [0.717, 1.165) is 28.0 Å². The second kappa shape index (κ2) is 16.6. The van der Waals surface area contributed by atoms with E-state index in [2.05, 4.69) is 264 Å². The van der Waals surface area contributed by atoms with Crippen molar-refractivity contribution < 1.29 is 4.42 Å². The molecule has 4 heterocycles. The summed E-state index contributed by atoms with van der Waals surface area (Å²) in [5, 5.41) is 8.61. The van der Waals surface area contributed by atoms with Gasteiger partial charge in [0.1, 0.15) is 11.3 Å². The van der Waals surface area contributed by atoms with Gasteiger partial charge in [-0.05, 0) is 155 Å². The zero-order valence-corrected chi connectivity index (χ0v) is 41.1. The fraction of sp³-hybridized carbons (Fsp3) is 0.0571. The molecule has 0 N–H and O–H groups in total. The molecule has 0 fully saturated rings. The van der Waals surface area contributed by atoms with Crippen LogP contribution in [-0.2, 0) is 0 Å². The van der Waals surface area contributed by atoms with Crippen LogP contribution in [-0.4, -0.2) is 15.2 Å². The van der Waals surface area contributed by atoms with E-state index < -0.39 is 0 Å². The van der Waals surface area contributed by atoms with E-state index in [9.17, 15) is 0 Å². The molecular formula is C70H49N3O. The number of anilines is 2. The Morgan fingerprint density at radius 1 is 0.446 bits per heavy atom. The van der Waals surface area contributed by atoms with Gasteiger partial charge in [-0.25, -0.2) is 0 Å². The lowest BCUT2D eigenvalue weighted by Gasteiger charge is -2.31. The third-order valence-electron chi connectivity index (χ3n) is 15.9. The highest BCUT2D eigenvalue weighted by Crippen LogP contribution is 2.53. The van der Waals surface area contributed by atoms with E-state index in [4.69, 9.17) is 4.42 Å². The lowest BCUT2D eigenvalue weighted by molar-refractivity contribution is 0.601. The van der Waals surface area contributed by atoms with Crippen molar-refractivity contribution in [1.29, 1.82) is 0 Å². The van der Waals surface area contributed by atoms with Crippen molar-refractivity contribution >= 4 is 88.4 Å². The number of para-hydroxylation sites is 4. The van der Waals surface area contributed by atoms with Crippen molar-refractivity contribution in [2.24, 2.45) is 0 Å². The van der Waals surface area contributed by atoms with Crippen LogP contribution in [0, 0.1) is 6.92 Å². The van der Waals surface area contributed by atoms with Gasteiger partial charge in [0.2, 0.25) is 0 Å². The van der Waals surface area contributed by atoms with Gasteiger partial charge in [0.25, 0.3) is 0 Å². The molecule has 10 aromatic carbocycles. The van der Waals surface area contributed by atoms with Crippen LogP contribution < -0.4 is 4.90 Å². The van der Waals surface area contributed by atoms with Crippen LogP contribution in [0.5, 0.6) is 0 Å². The summed E-state index contributed by atoms with van der Waals surface area (Å²) in [6, 6.07) is 80.6. The van der Waals surface area contributed by atoms with Crippen LogP contribution in [0.2, 0.25) is 0 Å². The number of benzene rings is 10. The number of aromatic nitrogens is 2. The minimum atomic E-state index is 0.0586. The van der Waals surface area contributed by atoms with Gasteiger partial charge in [-0.3, -0.25) is 0 Å². The largest absolute Gasteiger partial charge is 0.456 e. The summed E-state index contributed by atoms with van der Waals surface area (Å²) in [5.74, 6) is 1.00. The van der Waals surface area contributed by atoms with Gasteiger partial charge >= 0.3 is 0 Å². The maximum Gasteiger partial charge on any atom is 0.135 e. The Morgan fingerprint density at radius 2 is 0.986 bits per heavy atom. The highest BCUT2D eigenvalue weighted by Gasteiger charge is 2.39. The van der Waals surface area contributed by atoms with Gasteiger partial charge in [-0.2, -0.15) is 0 Å². The lowest BCUT2D eigenvalue weighted by Crippen LogP contribution is -2.29. The highest BCUT2D eigenvalue weighted by atomic mass is 16.3. The molecule has 1 aliphatic heterocycles. The first-order valence-electron chi connectivity index (χ1n) is 25.8. The van der Waals surface area contributed by atoms with Crippen LogP contribution >= 0.6 is 0 Å². The smallest absolute Gasteiger partial charge is 0.135 e. The second-order valence-corrected chi connectivity index (χ2v) is 20.0. The Kier molecular flexibility index (Phi) is 9.49. The van der Waals surface area contributed by atoms with Crippen LogP contribution in [0.3, 0.4) is 0 Å². The zero-order chi connectivity index (χ0) is 49.0. The summed E-state index contributed by atoms with van der Waals surface area (Å²) < 4.78 is 11.0. The van der Waals surface area contributed by atoms with Crippen LogP contribution in [0.25, 0.3) is 111 Å². The topological polar surface area (TPSA) is 26.2 Å². The van der Waals surface area contributed by atoms with E-state index in [1.54, 1.807) is 0 Å². The predicted molar refractivity (Wildman–Crippen MR) is 311 cm³/mol. The molecule has 4 nitrogen and oxygen atoms in total. The van der Waals surface area contributed by atoms with E-state index in [-0.39, 0.29) is 12.0 Å². The summed E-state index contributed by atoms with van der Waals surface area (Å²) in [4.78, 5) is 2.61. The molecule has 4 heteroatoms. The standard InChI is InChI=1S/C70H49N3O/c1-3-16-69-44(2)57-43-49(31-38-70(57)74-69)52-32-37-64(54-22-11-10-21-53(52)54)73-67-35-29-47(45-27-33-65-58(39-45)55-23-12-14-25-62(55)71(65)50-17-6-4-7-18-50)41-60(67)61-42-48(30-36-68(61)73)46-28-34-66-59(40-46)56-24-13-15-26-63(56)72(66)51-19-8-5-9-20-51/h3-43,60,67H,1-2H3/b16-3-. The lowest BCUT2D eigenvalue weighted by atomic mass is 9.85. The van der Waals surface area contributed by atoms with Crippen LogP contribution in [0.4, 0.5) is 11.4 Å². The Bertz CT molecular complexity index is 4520. The van der Waals surface area contributed by atoms with Crippen molar-refractivity contribution in [1.82, 2.24) is 9.13 Å². The van der Waals surface area contributed by atoms with E-state index in [1.165, 1.54) is 110 Å². The minimum Gasteiger partial charge on any atom is -0.456 e. The number of nitrogens with zero attached hydrogens (tertiary/aromatic N) is 3. The van der Waals surface area contributed by atoms with Gasteiger partial charge in [0.15, 0.2) is 0 Å². The molecule has 2 aliphatic rings. The van der Waals surface area contributed by atoms with E-state index in [1.807, 2.05) is 13.0 Å². The molecule has 0 bridgehead atoms. The summed E-state index contributed by atoms with van der Waals surface area (Å²) in [6.07, 6.45) is 11.5. The van der Waals surface area contributed by atoms with Crippen LogP contribution in [0.1, 0.15) is 35.3 Å². The third kappa shape index (κ3) is 6.41. The third-order valence-corrected chi connectivity index (χ3v) is 15.9. The number of furan rings is 1. The summed E-state index contributed by atoms with van der Waals surface area (Å²) in [6.45, 7) is 4.19. The summed E-state index contributed by atoms with van der Waals surface area (Å²) in [7, 11) is 0. The van der Waals surface area contributed by atoms with Crippen molar-refractivity contribution in [3.63, 3.8) is 0 Å². The fourth-order valence-corrected chi connectivity index (χ4v) is 12.5. The van der Waals surface area contributed by atoms with Crippen molar-refractivity contribution in [2.75, 3.05) is 4.90 Å². The molecule has 3 aromatic heterocycles. The molecule has 350 valence electrons. The number of hydrogen-bond acceptors (Lipinski definition) is 2. The van der Waals surface area contributed by atoms with Crippen molar-refractivity contribution in [3.8, 4) is 33.6 Å². The highest BCUT2D eigenvalue weighted by molar-refractivity contribution is 6.12. The first-order chi connectivity index (χ1) is 36.6. The number of aryl methyl sites for hydroxylation is 1. The first kappa shape index (κ1) is 42.3. The Morgan fingerprint density at radius 3 is 1.68 bits per heavy atom. The maximum absolute atomic E-state index is 6.26. The molecule has 13 aromatic rings. The number of fused-ring (bicyclic) bond motifs is 11. The van der Waals surface area contributed by atoms with Gasteiger partial charge < -0.3 is 18.5 Å². The molecule has 1 aliphatic carbocycles. The van der Waals surface area contributed by atoms with E-state index >= 15 is 0 Å². The summed E-state index contributed by atoms with van der Waals surface area (Å²) >= 11 is 0. The molecule has 2 unspecified atom stereocenters. The van der Waals surface area contributed by atoms with Gasteiger partial charge in [0, 0.05) is 66.5 Å². The van der Waals surface area contributed by atoms with Gasteiger partial charge in [-0.15, -0.1) is 0 Å². The Labute approximate surface area is 429 Å². The maximum atomic E-state index is 6.26. The number of allylic oxidation sites excluding steroid dienone is 3. The predicted octanol–water partition coefficient (Wildman–Crippen LogP) is 18.7. The normalized spacial score (nSPS) is 15.4. The van der Waals surface area contributed by atoms with Gasteiger partial charge in [0.05, 0.1) is 28.1 Å². The van der Waals surface area contributed by atoms with Gasteiger partial charge in [-0.1, -0.05) is 152 Å². The second-order valence-electron chi connectivity index (χ2n) is 20.0. The molecule has 0 saturated carbocycles. The molecule has 0 saturated heterocycles. The van der Waals surface area contributed by atoms with Crippen molar-refractivity contribution in [3.05, 3.63) is 265 Å². The fourth-order valence-electron chi connectivity index (χ4n) is 12.5. The monoisotopic (exact) mass is 947 g/mol. The Balaban J connectivity index is 0.889. The average molecular weight is 948 g/mol. The average Bonchev–Trinajstić information content (AvgIpc) is 4.18. The number of rotatable bonds is 7. The van der Waals surface area contributed by atoms with E-state index in [0.29, 0.717) is 0 Å². The molecule has 15 rings (SSSR count). The van der Waals surface area contributed by atoms with Crippen LogP contribution in [0.15, 0.2) is 247 Å². The van der Waals surface area contributed by atoms with Crippen molar-refractivity contribution in [2.45, 2.75) is 25.8 Å². The molecule has 0 amide bonds. The molecule has 74 heavy (non-hydrogen) atoms. The molecular weight excluding hydrogens is 899 g/mol. The summed E-state index contributed by atoms with van der Waals surface area (Å²) in [5.41, 5.74) is 20.3. The number of hydrogen-bond donors (Lipinski definition) is 0. The Hall–Kier alpha value is -9.38. The first-order valence-corrected chi connectivity index (χ1v) is 25.8. The molecule has 0 spiro atoms. The zero-order valence-electron chi connectivity index (χ0n) is 41.1.